The van der Waals surface area contributed by atoms with Gasteiger partial charge in [0.05, 0.1) is 30.7 Å². The van der Waals surface area contributed by atoms with Crippen LogP contribution in [0.15, 0.2) is 48.7 Å². The van der Waals surface area contributed by atoms with Crippen molar-refractivity contribution in [2.45, 2.75) is 19.5 Å². The van der Waals surface area contributed by atoms with Gasteiger partial charge >= 0.3 is 6.18 Å². The Morgan fingerprint density at radius 1 is 1.07 bits per heavy atom. The quantitative estimate of drug-likeness (QED) is 0.676. The van der Waals surface area contributed by atoms with Crippen LogP contribution in [0, 0.1) is 6.92 Å². The van der Waals surface area contributed by atoms with E-state index in [1.165, 1.54) is 18.2 Å². The van der Waals surface area contributed by atoms with Crippen molar-refractivity contribution in [3.05, 3.63) is 65.5 Å². The Morgan fingerprint density at radius 3 is 2.47 bits per heavy atom. The fourth-order valence-corrected chi connectivity index (χ4v) is 3.11. The van der Waals surface area contributed by atoms with E-state index in [-0.39, 0.29) is 5.69 Å². The van der Waals surface area contributed by atoms with Crippen molar-refractivity contribution in [2.24, 2.45) is 0 Å². The number of aryl methyl sites for hydroxylation is 1. The van der Waals surface area contributed by atoms with Crippen LogP contribution in [0.5, 0.6) is 11.5 Å². The summed E-state index contributed by atoms with van der Waals surface area (Å²) in [6, 6.07) is 11.1. The molecule has 0 fully saturated rings. The second-order valence-electron chi connectivity index (χ2n) is 6.82. The van der Waals surface area contributed by atoms with Gasteiger partial charge in [-0.05, 0) is 31.2 Å². The van der Waals surface area contributed by atoms with Crippen molar-refractivity contribution in [1.82, 2.24) is 9.78 Å². The van der Waals surface area contributed by atoms with Crippen molar-refractivity contribution in [3.8, 4) is 17.2 Å². The van der Waals surface area contributed by atoms with Gasteiger partial charge in [0.25, 0.3) is 5.91 Å². The molecule has 4 rings (SSSR count). The van der Waals surface area contributed by atoms with Crippen LogP contribution in [0.2, 0.25) is 0 Å². The highest BCUT2D eigenvalue weighted by atomic mass is 19.4. The minimum absolute atomic E-state index is 0.211. The third-order valence-corrected chi connectivity index (χ3v) is 4.57. The molecule has 1 N–H and O–H groups in total. The zero-order valence-corrected chi connectivity index (χ0v) is 16.0. The summed E-state index contributed by atoms with van der Waals surface area (Å²) in [6.07, 6.45) is -3.15. The zero-order chi connectivity index (χ0) is 21.3. The maximum Gasteiger partial charge on any atom is 0.434 e. The first-order valence-electron chi connectivity index (χ1n) is 9.26. The number of rotatable bonds is 3. The average molecular weight is 417 g/mol. The van der Waals surface area contributed by atoms with Gasteiger partial charge in [-0.25, -0.2) is 4.68 Å². The summed E-state index contributed by atoms with van der Waals surface area (Å²) in [7, 11) is 0. The Morgan fingerprint density at radius 2 is 1.77 bits per heavy atom. The van der Waals surface area contributed by atoms with Gasteiger partial charge in [-0.2, -0.15) is 18.3 Å². The SMILES string of the molecule is Cc1ccc(-n2ncc(C(=O)Nc3ccc4c(c3)OCCCO4)c2C(F)(F)F)cc1. The van der Waals surface area contributed by atoms with E-state index in [1.807, 2.05) is 6.92 Å². The molecule has 0 radical (unpaired) electrons. The molecule has 0 saturated carbocycles. The summed E-state index contributed by atoms with van der Waals surface area (Å²) in [6.45, 7) is 2.78. The molecule has 1 aliphatic heterocycles. The first-order chi connectivity index (χ1) is 14.3. The van der Waals surface area contributed by atoms with Crippen LogP contribution in [0.4, 0.5) is 18.9 Å². The largest absolute Gasteiger partial charge is 0.490 e. The molecule has 156 valence electrons. The lowest BCUT2D eigenvalue weighted by Gasteiger charge is -2.14. The van der Waals surface area contributed by atoms with Crippen LogP contribution in [-0.2, 0) is 6.18 Å². The minimum Gasteiger partial charge on any atom is -0.490 e. The molecule has 0 bridgehead atoms. The number of nitrogens with one attached hydrogen (secondary N) is 1. The van der Waals surface area contributed by atoms with Gasteiger partial charge in [0.2, 0.25) is 0 Å². The third kappa shape index (κ3) is 3.96. The van der Waals surface area contributed by atoms with E-state index in [2.05, 4.69) is 10.4 Å². The molecule has 2 heterocycles. The molecule has 2 aromatic carbocycles. The van der Waals surface area contributed by atoms with Gasteiger partial charge in [-0.3, -0.25) is 4.79 Å². The number of aromatic nitrogens is 2. The number of alkyl halides is 3. The number of halogens is 3. The summed E-state index contributed by atoms with van der Waals surface area (Å²) < 4.78 is 53.2. The number of carbonyl (C=O) groups excluding carboxylic acids is 1. The van der Waals surface area contributed by atoms with Gasteiger partial charge in [-0.1, -0.05) is 17.7 Å². The number of anilines is 1. The molecule has 0 aliphatic carbocycles. The van der Waals surface area contributed by atoms with Crippen molar-refractivity contribution in [3.63, 3.8) is 0 Å². The Balaban J connectivity index is 1.66. The third-order valence-electron chi connectivity index (χ3n) is 4.57. The molecule has 0 spiro atoms. The van der Waals surface area contributed by atoms with E-state index in [1.54, 1.807) is 24.3 Å². The number of nitrogens with zero attached hydrogens (tertiary/aromatic N) is 2. The standard InChI is InChI=1S/C21H18F3N3O3/c1-13-3-6-15(7-4-13)27-19(21(22,23)24)16(12-25-27)20(28)26-14-5-8-17-18(11-14)30-10-2-9-29-17/h3-8,11-12H,2,9-10H2,1H3,(H,26,28). The maximum atomic E-state index is 13.8. The van der Waals surface area contributed by atoms with E-state index in [0.717, 1.165) is 16.4 Å². The smallest absolute Gasteiger partial charge is 0.434 e. The molecule has 6 nitrogen and oxygen atoms in total. The highest BCUT2D eigenvalue weighted by molar-refractivity contribution is 6.05. The Labute approximate surface area is 170 Å². The van der Waals surface area contributed by atoms with Crippen LogP contribution in [-0.4, -0.2) is 28.9 Å². The summed E-state index contributed by atoms with van der Waals surface area (Å²) in [5.41, 5.74) is -0.316. The highest BCUT2D eigenvalue weighted by Gasteiger charge is 2.40. The summed E-state index contributed by atoms with van der Waals surface area (Å²) >= 11 is 0. The average Bonchev–Trinajstić information content (AvgIpc) is 3.03. The highest BCUT2D eigenvalue weighted by Crippen LogP contribution is 2.35. The van der Waals surface area contributed by atoms with Gasteiger partial charge in [0.1, 0.15) is 0 Å². The molecule has 1 aliphatic rings. The number of hydrogen-bond acceptors (Lipinski definition) is 4. The molecule has 0 atom stereocenters. The van der Waals surface area contributed by atoms with Gasteiger partial charge in [-0.15, -0.1) is 0 Å². The second kappa shape index (κ2) is 7.74. The lowest BCUT2D eigenvalue weighted by atomic mass is 10.2. The van der Waals surface area contributed by atoms with E-state index in [0.29, 0.717) is 36.8 Å². The Hall–Kier alpha value is -3.49. The summed E-state index contributed by atoms with van der Waals surface area (Å²) in [4.78, 5) is 12.7. The number of hydrogen-bond donors (Lipinski definition) is 1. The number of ether oxygens (including phenoxy) is 2. The topological polar surface area (TPSA) is 65.4 Å². The predicted molar refractivity (Wildman–Crippen MR) is 103 cm³/mol. The van der Waals surface area contributed by atoms with Crippen LogP contribution in [0.1, 0.15) is 28.0 Å². The molecular formula is C21H18F3N3O3. The fraction of sp³-hybridized carbons (Fsp3) is 0.238. The van der Waals surface area contributed by atoms with Crippen molar-refractivity contribution in [2.75, 3.05) is 18.5 Å². The molecule has 3 aromatic rings. The molecule has 0 unspecified atom stereocenters. The van der Waals surface area contributed by atoms with E-state index in [4.69, 9.17) is 9.47 Å². The van der Waals surface area contributed by atoms with Gasteiger partial charge < -0.3 is 14.8 Å². The molecule has 9 heteroatoms. The lowest BCUT2D eigenvalue weighted by Crippen LogP contribution is -2.20. The monoisotopic (exact) mass is 417 g/mol. The van der Waals surface area contributed by atoms with E-state index in [9.17, 15) is 18.0 Å². The normalized spacial score (nSPS) is 13.6. The maximum absolute atomic E-state index is 13.8. The minimum atomic E-state index is -4.78. The van der Waals surface area contributed by atoms with E-state index >= 15 is 0 Å². The number of carbonyl (C=O) groups is 1. The Bertz CT molecular complexity index is 1080. The molecule has 1 amide bonds. The summed E-state index contributed by atoms with van der Waals surface area (Å²) in [5, 5.41) is 6.31. The van der Waals surface area contributed by atoms with Crippen LogP contribution >= 0.6 is 0 Å². The fourth-order valence-electron chi connectivity index (χ4n) is 3.11. The van der Waals surface area contributed by atoms with Crippen molar-refractivity contribution >= 4 is 11.6 Å². The van der Waals surface area contributed by atoms with Gasteiger partial charge in [0.15, 0.2) is 17.2 Å². The Kier molecular flexibility index (Phi) is 5.11. The first kappa shape index (κ1) is 19.8. The number of benzene rings is 2. The molecular weight excluding hydrogens is 399 g/mol. The van der Waals surface area contributed by atoms with Crippen LogP contribution in [0.25, 0.3) is 5.69 Å². The van der Waals surface area contributed by atoms with Crippen LogP contribution < -0.4 is 14.8 Å². The van der Waals surface area contributed by atoms with Crippen molar-refractivity contribution in [1.29, 1.82) is 0 Å². The van der Waals surface area contributed by atoms with Gasteiger partial charge in [0, 0.05) is 18.2 Å². The summed E-state index contributed by atoms with van der Waals surface area (Å²) in [5.74, 6) is 0.0283. The van der Waals surface area contributed by atoms with Crippen LogP contribution in [0.3, 0.4) is 0 Å². The lowest BCUT2D eigenvalue weighted by molar-refractivity contribution is -0.143. The predicted octanol–water partition coefficient (Wildman–Crippen LogP) is 4.61. The molecule has 1 aromatic heterocycles. The first-order valence-corrected chi connectivity index (χ1v) is 9.26. The zero-order valence-electron chi connectivity index (χ0n) is 16.0. The number of amides is 1. The molecule has 30 heavy (non-hydrogen) atoms. The van der Waals surface area contributed by atoms with E-state index < -0.39 is 23.3 Å². The number of fused-ring (bicyclic) bond motifs is 1. The molecule has 0 saturated heterocycles. The second-order valence-corrected chi connectivity index (χ2v) is 6.82. The van der Waals surface area contributed by atoms with Crippen molar-refractivity contribution < 1.29 is 27.4 Å².